The number of β-amino-alcohol motifs (C(OH)–C–C–N with tert-alkyl or cyclic N) is 1. The van der Waals surface area contributed by atoms with Crippen LogP contribution in [-0.2, 0) is 6.42 Å². The average molecular weight is 277 g/mol. The Labute approximate surface area is 119 Å². The number of aryl methyl sites for hydroxylation is 1. The third-order valence-corrected chi connectivity index (χ3v) is 3.28. The fourth-order valence-corrected chi connectivity index (χ4v) is 2.14. The van der Waals surface area contributed by atoms with Gasteiger partial charge in [-0.2, -0.15) is 5.10 Å². The number of nitrogens with one attached hydrogen (secondary N) is 2. The summed E-state index contributed by atoms with van der Waals surface area (Å²) in [6, 6.07) is 3.70. The highest BCUT2D eigenvalue weighted by Gasteiger charge is 2.17. The molecule has 0 fully saturated rings. The van der Waals surface area contributed by atoms with E-state index in [1.54, 1.807) is 0 Å². The van der Waals surface area contributed by atoms with Crippen LogP contribution >= 0.6 is 0 Å². The van der Waals surface area contributed by atoms with Crippen LogP contribution in [0.1, 0.15) is 32.0 Å². The molecule has 4 N–H and O–H groups in total. The van der Waals surface area contributed by atoms with Crippen molar-refractivity contribution in [2.45, 2.75) is 45.8 Å². The van der Waals surface area contributed by atoms with Gasteiger partial charge < -0.3 is 15.5 Å². The van der Waals surface area contributed by atoms with E-state index in [1.165, 1.54) is 0 Å². The molecule has 0 aliphatic carbocycles. The van der Waals surface area contributed by atoms with E-state index in [2.05, 4.69) is 36.3 Å². The van der Waals surface area contributed by atoms with E-state index in [0.29, 0.717) is 18.4 Å². The van der Waals surface area contributed by atoms with E-state index in [4.69, 9.17) is 0 Å². The second-order valence-electron chi connectivity index (χ2n) is 6.32. The van der Waals surface area contributed by atoms with Gasteiger partial charge in [-0.05, 0) is 39.3 Å². The molecule has 1 heterocycles. The molecule has 0 aliphatic heterocycles. The molecular formula is C15H23N3O2. The maximum absolute atomic E-state index is 10.1. The van der Waals surface area contributed by atoms with E-state index in [-0.39, 0.29) is 11.3 Å². The smallest absolute Gasteiger partial charge is 0.129 e. The Kier molecular flexibility index (Phi) is 4.01. The minimum atomic E-state index is -0.530. The van der Waals surface area contributed by atoms with Crippen molar-refractivity contribution in [3.05, 3.63) is 23.4 Å². The summed E-state index contributed by atoms with van der Waals surface area (Å²) in [5.74, 6) is 0.238. The van der Waals surface area contributed by atoms with Gasteiger partial charge in [0.2, 0.25) is 0 Å². The first kappa shape index (κ1) is 14.8. The molecule has 110 valence electrons. The third-order valence-electron chi connectivity index (χ3n) is 3.28. The summed E-state index contributed by atoms with van der Waals surface area (Å²) in [5, 5.41) is 31.3. The zero-order valence-electron chi connectivity index (χ0n) is 12.5. The van der Waals surface area contributed by atoms with Gasteiger partial charge in [-0.25, -0.2) is 0 Å². The minimum absolute atomic E-state index is 0.0320. The molecule has 5 nitrogen and oxygen atoms in total. The zero-order chi connectivity index (χ0) is 14.9. The predicted molar refractivity (Wildman–Crippen MR) is 80.0 cm³/mol. The molecule has 5 heteroatoms. The average Bonchev–Trinajstić information content (AvgIpc) is 2.74. The van der Waals surface area contributed by atoms with Crippen LogP contribution < -0.4 is 5.32 Å². The normalized spacial score (nSPS) is 13.8. The Hall–Kier alpha value is -1.59. The molecule has 1 aromatic heterocycles. The Morgan fingerprint density at radius 3 is 2.70 bits per heavy atom. The monoisotopic (exact) mass is 277 g/mol. The standard InChI is InChI=1S/C15H23N3O2/c1-9-5-6-11-13(14(9)20)12(18-17-11)7-10(19)8-16-15(2,3)4/h5-6,10,16,19-20H,7-8H2,1-4H3,(H,17,18). The molecule has 0 spiro atoms. The second kappa shape index (κ2) is 5.42. The Balaban J connectivity index is 2.16. The summed E-state index contributed by atoms with van der Waals surface area (Å²) in [6.07, 6.45) is -0.103. The molecule has 1 unspecified atom stereocenters. The van der Waals surface area contributed by atoms with E-state index < -0.39 is 6.10 Å². The summed E-state index contributed by atoms with van der Waals surface area (Å²) in [5.41, 5.74) is 2.27. The molecule has 20 heavy (non-hydrogen) atoms. The van der Waals surface area contributed by atoms with Gasteiger partial charge in [0.1, 0.15) is 5.75 Å². The fraction of sp³-hybridized carbons (Fsp3) is 0.533. The molecular weight excluding hydrogens is 254 g/mol. The summed E-state index contributed by atoms with van der Waals surface area (Å²) >= 11 is 0. The largest absolute Gasteiger partial charge is 0.507 e. The quantitative estimate of drug-likeness (QED) is 0.687. The third kappa shape index (κ3) is 3.29. The first-order chi connectivity index (χ1) is 9.28. The van der Waals surface area contributed by atoms with Crippen LogP contribution in [0.4, 0.5) is 0 Å². The lowest BCUT2D eigenvalue weighted by molar-refractivity contribution is 0.160. The number of hydrogen-bond acceptors (Lipinski definition) is 4. The van der Waals surface area contributed by atoms with Gasteiger partial charge in [-0.3, -0.25) is 5.10 Å². The summed E-state index contributed by atoms with van der Waals surface area (Å²) in [7, 11) is 0. The Bertz CT molecular complexity index is 599. The maximum atomic E-state index is 10.1. The highest BCUT2D eigenvalue weighted by atomic mass is 16.3. The van der Waals surface area contributed by atoms with Crippen molar-refractivity contribution in [1.29, 1.82) is 0 Å². The molecule has 1 atom stereocenters. The molecule has 2 rings (SSSR count). The first-order valence-corrected chi connectivity index (χ1v) is 6.86. The predicted octanol–water partition coefficient (Wildman–Crippen LogP) is 1.87. The van der Waals surface area contributed by atoms with Crippen LogP contribution in [0.2, 0.25) is 0 Å². The van der Waals surface area contributed by atoms with Crippen molar-refractivity contribution >= 4 is 10.9 Å². The van der Waals surface area contributed by atoms with E-state index in [0.717, 1.165) is 16.8 Å². The van der Waals surface area contributed by atoms with Crippen molar-refractivity contribution in [3.63, 3.8) is 0 Å². The number of phenolic OH excluding ortho intramolecular Hbond substituents is 1. The van der Waals surface area contributed by atoms with Crippen molar-refractivity contribution in [1.82, 2.24) is 15.5 Å². The number of rotatable bonds is 4. The number of aromatic hydroxyl groups is 1. The summed E-state index contributed by atoms with van der Waals surface area (Å²) < 4.78 is 0. The number of aliphatic hydroxyl groups excluding tert-OH is 1. The number of phenols is 1. The lowest BCUT2D eigenvalue weighted by Gasteiger charge is -2.22. The van der Waals surface area contributed by atoms with Crippen LogP contribution in [-0.4, -0.2) is 38.6 Å². The van der Waals surface area contributed by atoms with Gasteiger partial charge in [0.25, 0.3) is 0 Å². The van der Waals surface area contributed by atoms with Crippen LogP contribution in [0.3, 0.4) is 0 Å². The minimum Gasteiger partial charge on any atom is -0.507 e. The van der Waals surface area contributed by atoms with Gasteiger partial charge in [0, 0.05) is 24.2 Å². The highest BCUT2D eigenvalue weighted by molar-refractivity contribution is 5.88. The lowest BCUT2D eigenvalue weighted by atomic mass is 10.0. The van der Waals surface area contributed by atoms with Crippen LogP contribution in [0.5, 0.6) is 5.75 Å². The van der Waals surface area contributed by atoms with Gasteiger partial charge >= 0.3 is 0 Å². The maximum Gasteiger partial charge on any atom is 0.129 e. The number of aromatic nitrogens is 2. The summed E-state index contributed by atoms with van der Waals surface area (Å²) in [6.45, 7) is 8.52. The molecule has 0 amide bonds. The van der Waals surface area contributed by atoms with Crippen molar-refractivity contribution in [2.24, 2.45) is 0 Å². The van der Waals surface area contributed by atoms with E-state index in [1.807, 2.05) is 19.1 Å². The topological polar surface area (TPSA) is 81.2 Å². The molecule has 0 saturated carbocycles. The molecule has 0 bridgehead atoms. The van der Waals surface area contributed by atoms with Gasteiger partial charge in [0.05, 0.1) is 17.0 Å². The highest BCUT2D eigenvalue weighted by Crippen LogP contribution is 2.30. The number of nitrogens with zero attached hydrogens (tertiary/aromatic N) is 1. The Morgan fingerprint density at radius 2 is 2.05 bits per heavy atom. The molecule has 0 saturated heterocycles. The van der Waals surface area contributed by atoms with Crippen LogP contribution in [0, 0.1) is 6.92 Å². The first-order valence-electron chi connectivity index (χ1n) is 6.86. The number of aliphatic hydroxyl groups is 1. The van der Waals surface area contributed by atoms with Gasteiger partial charge in [0.15, 0.2) is 0 Å². The second-order valence-corrected chi connectivity index (χ2v) is 6.32. The van der Waals surface area contributed by atoms with Crippen molar-refractivity contribution in [3.8, 4) is 5.75 Å². The number of H-pyrrole nitrogens is 1. The molecule has 0 radical (unpaired) electrons. The molecule has 1 aromatic carbocycles. The molecule has 0 aliphatic rings. The number of fused-ring (bicyclic) bond motifs is 1. The van der Waals surface area contributed by atoms with Crippen molar-refractivity contribution in [2.75, 3.05) is 6.54 Å². The Morgan fingerprint density at radius 1 is 1.35 bits per heavy atom. The lowest BCUT2D eigenvalue weighted by Crippen LogP contribution is -2.41. The molecule has 2 aromatic rings. The number of hydrogen-bond donors (Lipinski definition) is 4. The van der Waals surface area contributed by atoms with E-state index >= 15 is 0 Å². The summed E-state index contributed by atoms with van der Waals surface area (Å²) in [4.78, 5) is 0. The fourth-order valence-electron chi connectivity index (χ4n) is 2.14. The van der Waals surface area contributed by atoms with Gasteiger partial charge in [-0.15, -0.1) is 0 Å². The van der Waals surface area contributed by atoms with E-state index in [9.17, 15) is 10.2 Å². The SMILES string of the molecule is Cc1ccc2n[nH]c(CC(O)CNC(C)(C)C)c2c1O. The number of aromatic amines is 1. The van der Waals surface area contributed by atoms with Gasteiger partial charge in [-0.1, -0.05) is 6.07 Å². The van der Waals surface area contributed by atoms with Crippen molar-refractivity contribution < 1.29 is 10.2 Å². The van der Waals surface area contributed by atoms with Crippen LogP contribution in [0.15, 0.2) is 12.1 Å². The van der Waals surface area contributed by atoms with Crippen LogP contribution in [0.25, 0.3) is 10.9 Å². The number of benzene rings is 1. The zero-order valence-corrected chi connectivity index (χ0v) is 12.5.